The van der Waals surface area contributed by atoms with Gasteiger partial charge in [0.15, 0.2) is 0 Å². The summed E-state index contributed by atoms with van der Waals surface area (Å²) in [6.07, 6.45) is -0.307. The first kappa shape index (κ1) is 11.2. The summed E-state index contributed by atoms with van der Waals surface area (Å²) >= 11 is 0. The third kappa shape index (κ3) is 4.18. The molecule has 0 bridgehead atoms. The highest BCUT2D eigenvalue weighted by Crippen LogP contribution is 1.99. The van der Waals surface area contributed by atoms with E-state index in [0.717, 1.165) is 0 Å². The molecule has 0 fully saturated rings. The summed E-state index contributed by atoms with van der Waals surface area (Å²) in [4.78, 5) is 12.4. The smallest absolute Gasteiger partial charge is 0.409 e. The molecule has 0 aromatic heterocycles. The zero-order valence-corrected chi connectivity index (χ0v) is 8.16. The summed E-state index contributed by atoms with van der Waals surface area (Å²) < 4.78 is 9.48. The number of rotatable bonds is 4. The summed E-state index contributed by atoms with van der Waals surface area (Å²) in [6.45, 7) is 3.32. The maximum Gasteiger partial charge on any atom is 0.409 e. The van der Waals surface area contributed by atoms with Gasteiger partial charge in [-0.25, -0.2) is 4.79 Å². The van der Waals surface area contributed by atoms with Gasteiger partial charge in [0.05, 0.1) is 13.7 Å². The lowest BCUT2D eigenvalue weighted by atomic mass is 10.2. The molecule has 4 nitrogen and oxygen atoms in total. The van der Waals surface area contributed by atoms with Crippen molar-refractivity contribution < 1.29 is 14.3 Å². The summed E-state index contributed by atoms with van der Waals surface area (Å²) in [5.74, 6) is 0.332. The molecule has 0 spiro atoms. The van der Waals surface area contributed by atoms with Gasteiger partial charge >= 0.3 is 6.09 Å². The molecule has 1 atom stereocenters. The fraction of sp³-hybridized carbons (Fsp3) is 0.875. The van der Waals surface area contributed by atoms with Gasteiger partial charge in [0.2, 0.25) is 0 Å². The second-order valence-corrected chi connectivity index (χ2v) is 2.91. The number of amides is 1. The van der Waals surface area contributed by atoms with Gasteiger partial charge in [0, 0.05) is 20.7 Å². The fourth-order valence-electron chi connectivity index (χ4n) is 1.04. The third-order valence-corrected chi connectivity index (χ3v) is 1.52. The van der Waals surface area contributed by atoms with Crippen LogP contribution in [0.1, 0.15) is 6.92 Å². The topological polar surface area (TPSA) is 38.8 Å². The molecule has 0 rings (SSSR count). The second-order valence-electron chi connectivity index (χ2n) is 2.91. The SMILES string of the molecule is COCC(C)CN(C)C(=O)OC. The zero-order valence-electron chi connectivity index (χ0n) is 8.16. The van der Waals surface area contributed by atoms with E-state index in [4.69, 9.17) is 4.74 Å². The Morgan fingerprint density at radius 1 is 1.50 bits per heavy atom. The molecule has 0 saturated carbocycles. The van der Waals surface area contributed by atoms with Crippen molar-refractivity contribution in [2.24, 2.45) is 5.92 Å². The van der Waals surface area contributed by atoms with Crippen LogP contribution in [-0.4, -0.2) is 45.4 Å². The van der Waals surface area contributed by atoms with Gasteiger partial charge < -0.3 is 14.4 Å². The van der Waals surface area contributed by atoms with E-state index in [1.54, 1.807) is 14.2 Å². The molecule has 0 N–H and O–H groups in total. The maximum absolute atomic E-state index is 10.9. The molecule has 4 heteroatoms. The van der Waals surface area contributed by atoms with Gasteiger partial charge in [0.1, 0.15) is 0 Å². The van der Waals surface area contributed by atoms with Crippen LogP contribution in [0.2, 0.25) is 0 Å². The minimum Gasteiger partial charge on any atom is -0.453 e. The van der Waals surface area contributed by atoms with Crippen LogP contribution in [0.4, 0.5) is 4.79 Å². The first-order valence-electron chi connectivity index (χ1n) is 3.89. The number of carbonyl (C=O) groups excluding carboxylic acids is 1. The van der Waals surface area contributed by atoms with Crippen LogP contribution >= 0.6 is 0 Å². The van der Waals surface area contributed by atoms with E-state index < -0.39 is 0 Å². The maximum atomic E-state index is 10.9. The second kappa shape index (κ2) is 5.83. The molecule has 72 valence electrons. The molecule has 0 radical (unpaired) electrons. The minimum atomic E-state index is -0.307. The lowest BCUT2D eigenvalue weighted by Crippen LogP contribution is -2.32. The lowest BCUT2D eigenvalue weighted by Gasteiger charge is -2.19. The first-order valence-corrected chi connectivity index (χ1v) is 3.89. The van der Waals surface area contributed by atoms with Gasteiger partial charge in [-0.2, -0.15) is 0 Å². The molecule has 0 aliphatic heterocycles. The highest BCUT2D eigenvalue weighted by molar-refractivity contribution is 5.66. The van der Waals surface area contributed by atoms with E-state index in [1.807, 2.05) is 6.92 Å². The Morgan fingerprint density at radius 3 is 2.50 bits per heavy atom. The van der Waals surface area contributed by atoms with Gasteiger partial charge in [-0.3, -0.25) is 0 Å². The molecule has 1 amide bonds. The van der Waals surface area contributed by atoms with E-state index in [0.29, 0.717) is 19.1 Å². The third-order valence-electron chi connectivity index (χ3n) is 1.52. The van der Waals surface area contributed by atoms with Crippen molar-refractivity contribution in [1.29, 1.82) is 0 Å². The van der Waals surface area contributed by atoms with Crippen LogP contribution in [-0.2, 0) is 9.47 Å². The van der Waals surface area contributed by atoms with Crippen LogP contribution in [0.15, 0.2) is 0 Å². The van der Waals surface area contributed by atoms with E-state index in [9.17, 15) is 4.79 Å². The van der Waals surface area contributed by atoms with Gasteiger partial charge in [-0.15, -0.1) is 0 Å². The quantitative estimate of drug-likeness (QED) is 0.639. The van der Waals surface area contributed by atoms with Crippen LogP contribution in [0, 0.1) is 5.92 Å². The van der Waals surface area contributed by atoms with Crippen molar-refractivity contribution in [2.75, 3.05) is 34.4 Å². The number of ether oxygens (including phenoxy) is 2. The summed E-state index contributed by atoms with van der Waals surface area (Å²) in [7, 11) is 4.73. The minimum absolute atomic E-state index is 0.307. The van der Waals surface area contributed by atoms with Crippen LogP contribution in [0.5, 0.6) is 0 Å². The molecule has 0 aliphatic rings. The summed E-state index contributed by atoms with van der Waals surface area (Å²) in [6, 6.07) is 0. The van der Waals surface area contributed by atoms with Crippen molar-refractivity contribution >= 4 is 6.09 Å². The molecule has 1 unspecified atom stereocenters. The fourth-order valence-corrected chi connectivity index (χ4v) is 1.04. The van der Waals surface area contributed by atoms with Crippen molar-refractivity contribution in [3.05, 3.63) is 0 Å². The highest BCUT2D eigenvalue weighted by Gasteiger charge is 2.11. The average Bonchev–Trinajstić information content (AvgIpc) is 2.03. The van der Waals surface area contributed by atoms with Gasteiger partial charge in [-0.05, 0) is 5.92 Å². The van der Waals surface area contributed by atoms with Crippen LogP contribution < -0.4 is 0 Å². The normalized spacial score (nSPS) is 12.3. The Hall–Kier alpha value is -0.770. The predicted molar refractivity (Wildman–Crippen MR) is 46.1 cm³/mol. The number of hydrogen-bond acceptors (Lipinski definition) is 3. The number of methoxy groups -OCH3 is 2. The van der Waals surface area contributed by atoms with E-state index in [2.05, 4.69) is 4.74 Å². The van der Waals surface area contributed by atoms with Gasteiger partial charge in [0.25, 0.3) is 0 Å². The standard InChI is InChI=1S/C8H17NO3/c1-7(6-11-3)5-9(2)8(10)12-4/h7H,5-6H2,1-4H3. The van der Waals surface area contributed by atoms with Crippen molar-refractivity contribution in [2.45, 2.75) is 6.92 Å². The Labute approximate surface area is 73.4 Å². The van der Waals surface area contributed by atoms with E-state index in [1.165, 1.54) is 12.0 Å². The van der Waals surface area contributed by atoms with Crippen molar-refractivity contribution in [3.8, 4) is 0 Å². The molecule has 0 aromatic rings. The lowest BCUT2D eigenvalue weighted by molar-refractivity contribution is 0.109. The monoisotopic (exact) mass is 175 g/mol. The Balaban J connectivity index is 3.67. The van der Waals surface area contributed by atoms with Gasteiger partial charge in [-0.1, -0.05) is 6.92 Å². The largest absolute Gasteiger partial charge is 0.453 e. The van der Waals surface area contributed by atoms with Crippen molar-refractivity contribution in [3.63, 3.8) is 0 Å². The molecular formula is C8H17NO3. The molecule has 0 aromatic carbocycles. The van der Waals surface area contributed by atoms with Crippen LogP contribution in [0.25, 0.3) is 0 Å². The first-order chi connectivity index (χ1) is 5.61. The summed E-state index contributed by atoms with van der Waals surface area (Å²) in [5, 5.41) is 0. The molecule has 12 heavy (non-hydrogen) atoms. The highest BCUT2D eigenvalue weighted by atomic mass is 16.5. The molecular weight excluding hydrogens is 158 g/mol. The molecule has 0 aliphatic carbocycles. The molecule has 0 heterocycles. The zero-order chi connectivity index (χ0) is 9.56. The van der Waals surface area contributed by atoms with Crippen molar-refractivity contribution in [1.82, 2.24) is 4.90 Å². The van der Waals surface area contributed by atoms with E-state index in [-0.39, 0.29) is 6.09 Å². The predicted octanol–water partition coefficient (Wildman–Crippen LogP) is 0.967. The number of nitrogens with zero attached hydrogens (tertiary/aromatic N) is 1. The van der Waals surface area contributed by atoms with Crippen LogP contribution in [0.3, 0.4) is 0 Å². The Morgan fingerprint density at radius 2 is 2.08 bits per heavy atom. The average molecular weight is 175 g/mol. The summed E-state index contributed by atoms with van der Waals surface area (Å²) in [5.41, 5.74) is 0. The Bertz CT molecular complexity index is 138. The number of carbonyl (C=O) groups is 1. The van der Waals surface area contributed by atoms with E-state index >= 15 is 0 Å². The molecule has 0 saturated heterocycles. The number of hydrogen-bond donors (Lipinski definition) is 0. The Kier molecular flexibility index (Phi) is 5.45.